The minimum Gasteiger partial charge on any atom is -0.438 e. The molecule has 1 N–H and O–H groups in total. The average Bonchev–Trinajstić information content (AvgIpc) is 3.32. The van der Waals surface area contributed by atoms with Gasteiger partial charge in [0.25, 0.3) is 10.0 Å². The molecule has 0 saturated carbocycles. The number of aromatic nitrogens is 3. The molecule has 0 spiro atoms. The van der Waals surface area contributed by atoms with E-state index in [2.05, 4.69) is 19.7 Å². The van der Waals surface area contributed by atoms with Crippen molar-refractivity contribution in [1.82, 2.24) is 15.0 Å². The molecule has 5 aromatic rings. The maximum Gasteiger partial charge on any atom is 0.263 e. The fourth-order valence-electron chi connectivity index (χ4n) is 3.28. The number of ether oxygens (including phenoxy) is 1. The first-order valence-electron chi connectivity index (χ1n) is 9.69. The zero-order valence-corrected chi connectivity index (χ0v) is 18.5. The molecule has 0 unspecified atom stereocenters. The fraction of sp³-hybridized carbons (Fsp3) is 0. The Morgan fingerprint density at radius 1 is 0.909 bits per heavy atom. The molecule has 0 bridgehead atoms. The maximum absolute atomic E-state index is 14.0. The summed E-state index contributed by atoms with van der Waals surface area (Å²) < 4.78 is 47.8. The summed E-state index contributed by atoms with van der Waals surface area (Å²) in [6.07, 6.45) is 4.66. The number of sulfonamides is 1. The molecule has 5 rings (SSSR count). The predicted octanol–water partition coefficient (Wildman–Crippen LogP) is 5.49. The molecule has 0 radical (unpaired) electrons. The molecule has 2 aromatic carbocycles. The Labute approximate surface area is 192 Å². The van der Waals surface area contributed by atoms with E-state index in [1.807, 2.05) is 0 Å². The van der Waals surface area contributed by atoms with Crippen LogP contribution in [0.3, 0.4) is 0 Å². The fourth-order valence-corrected chi connectivity index (χ4v) is 5.11. The van der Waals surface area contributed by atoms with Gasteiger partial charge in [-0.2, -0.15) is 0 Å². The lowest BCUT2D eigenvalue weighted by atomic mass is 10.0. The van der Waals surface area contributed by atoms with Crippen LogP contribution in [0.15, 0.2) is 89.5 Å². The second-order valence-corrected chi connectivity index (χ2v) is 9.47. The van der Waals surface area contributed by atoms with E-state index in [0.717, 1.165) is 0 Å². The smallest absolute Gasteiger partial charge is 0.263 e. The summed E-state index contributed by atoms with van der Waals surface area (Å²) in [5, 5.41) is 3.30. The minimum atomic E-state index is -3.81. The molecule has 0 saturated heterocycles. The van der Waals surface area contributed by atoms with Gasteiger partial charge < -0.3 is 4.74 Å². The number of rotatable bonds is 6. The Morgan fingerprint density at radius 2 is 1.82 bits per heavy atom. The van der Waals surface area contributed by atoms with Gasteiger partial charge in [0.1, 0.15) is 11.6 Å². The Balaban J connectivity index is 1.58. The maximum atomic E-state index is 14.0. The standard InChI is InChI=1S/C23H15FN4O3S2/c24-16-4-6-19(20(14-16)31-21-3-1-2-9-25-21)22-18-7-5-17(13-15(18)8-10-26-22)33(29,30)28-23-27-11-12-32-23/h1-14H,(H,27,28). The number of nitrogens with one attached hydrogen (secondary N) is 1. The number of pyridine rings is 2. The van der Waals surface area contributed by atoms with Crippen LogP contribution in [0.5, 0.6) is 11.6 Å². The summed E-state index contributed by atoms with van der Waals surface area (Å²) >= 11 is 1.19. The molecule has 3 aromatic heterocycles. The van der Waals surface area contributed by atoms with Crippen molar-refractivity contribution in [2.24, 2.45) is 0 Å². The number of thiazole rings is 1. The highest BCUT2D eigenvalue weighted by atomic mass is 32.2. The summed E-state index contributed by atoms with van der Waals surface area (Å²) in [6.45, 7) is 0. The zero-order chi connectivity index (χ0) is 22.8. The summed E-state index contributed by atoms with van der Waals surface area (Å²) in [7, 11) is -3.81. The normalized spacial score (nSPS) is 11.4. The third-order valence-electron chi connectivity index (χ3n) is 4.75. The molecule has 0 aliphatic carbocycles. The van der Waals surface area contributed by atoms with Crippen LogP contribution in [-0.2, 0) is 10.0 Å². The van der Waals surface area contributed by atoms with Gasteiger partial charge in [-0.05, 0) is 41.8 Å². The molecule has 0 amide bonds. The second kappa shape index (κ2) is 8.57. The third-order valence-corrected chi connectivity index (χ3v) is 6.91. The number of hydrogen-bond donors (Lipinski definition) is 1. The molecule has 3 heterocycles. The van der Waals surface area contributed by atoms with Gasteiger partial charge in [0, 0.05) is 47.1 Å². The first-order valence-corrected chi connectivity index (χ1v) is 12.1. The van der Waals surface area contributed by atoms with Crippen molar-refractivity contribution in [2.75, 3.05) is 4.72 Å². The van der Waals surface area contributed by atoms with Crippen molar-refractivity contribution in [2.45, 2.75) is 4.90 Å². The summed E-state index contributed by atoms with van der Waals surface area (Å²) in [4.78, 5) is 12.6. The van der Waals surface area contributed by atoms with Crippen LogP contribution in [0.2, 0.25) is 0 Å². The van der Waals surface area contributed by atoms with Gasteiger partial charge >= 0.3 is 0 Å². The van der Waals surface area contributed by atoms with E-state index in [0.29, 0.717) is 27.9 Å². The van der Waals surface area contributed by atoms with E-state index in [4.69, 9.17) is 4.74 Å². The molecule has 33 heavy (non-hydrogen) atoms. The van der Waals surface area contributed by atoms with Crippen LogP contribution >= 0.6 is 11.3 Å². The van der Waals surface area contributed by atoms with Crippen molar-refractivity contribution in [3.8, 4) is 22.9 Å². The van der Waals surface area contributed by atoms with Crippen LogP contribution in [0.1, 0.15) is 0 Å². The van der Waals surface area contributed by atoms with Crippen LogP contribution < -0.4 is 9.46 Å². The summed E-state index contributed by atoms with van der Waals surface area (Å²) in [5.41, 5.74) is 1.07. The second-order valence-electron chi connectivity index (χ2n) is 6.90. The van der Waals surface area contributed by atoms with E-state index in [9.17, 15) is 12.8 Å². The highest BCUT2D eigenvalue weighted by Gasteiger charge is 2.18. The Kier molecular flexibility index (Phi) is 5.45. The van der Waals surface area contributed by atoms with Gasteiger partial charge in [0.05, 0.1) is 10.6 Å². The molecule has 0 atom stereocenters. The molecular formula is C23H15FN4O3S2. The van der Waals surface area contributed by atoms with Crippen molar-refractivity contribution in [3.05, 3.63) is 90.5 Å². The van der Waals surface area contributed by atoms with Gasteiger partial charge in [-0.3, -0.25) is 9.71 Å². The Bertz CT molecular complexity index is 1540. The lowest BCUT2D eigenvalue weighted by molar-refractivity contribution is 0.460. The monoisotopic (exact) mass is 478 g/mol. The van der Waals surface area contributed by atoms with Crippen molar-refractivity contribution in [1.29, 1.82) is 0 Å². The first-order chi connectivity index (χ1) is 16.0. The highest BCUT2D eigenvalue weighted by molar-refractivity contribution is 7.93. The lowest BCUT2D eigenvalue weighted by Gasteiger charge is -2.13. The summed E-state index contributed by atoms with van der Waals surface area (Å²) in [5.74, 6) is 0.0913. The number of hydrogen-bond acceptors (Lipinski definition) is 7. The zero-order valence-electron chi connectivity index (χ0n) is 16.8. The van der Waals surface area contributed by atoms with Crippen molar-refractivity contribution < 1.29 is 17.5 Å². The van der Waals surface area contributed by atoms with Gasteiger partial charge in [-0.15, -0.1) is 11.3 Å². The van der Waals surface area contributed by atoms with Crippen molar-refractivity contribution in [3.63, 3.8) is 0 Å². The van der Waals surface area contributed by atoms with E-state index in [1.54, 1.807) is 60.2 Å². The molecule has 0 aliphatic rings. The van der Waals surface area contributed by atoms with Crippen LogP contribution in [0.4, 0.5) is 9.52 Å². The van der Waals surface area contributed by atoms with Crippen LogP contribution in [0.25, 0.3) is 22.0 Å². The number of anilines is 1. The van der Waals surface area contributed by atoms with Gasteiger partial charge in [-0.1, -0.05) is 12.1 Å². The van der Waals surface area contributed by atoms with Crippen LogP contribution in [-0.4, -0.2) is 23.4 Å². The number of benzene rings is 2. The number of fused-ring (bicyclic) bond motifs is 1. The summed E-state index contributed by atoms with van der Waals surface area (Å²) in [6, 6.07) is 15.8. The highest BCUT2D eigenvalue weighted by Crippen LogP contribution is 2.36. The van der Waals surface area contributed by atoms with E-state index in [1.165, 1.54) is 35.7 Å². The molecule has 10 heteroatoms. The quantitative estimate of drug-likeness (QED) is 0.347. The molecule has 0 fully saturated rings. The lowest BCUT2D eigenvalue weighted by Crippen LogP contribution is -2.12. The SMILES string of the molecule is O=S(=O)(Nc1nccs1)c1ccc2c(-c3ccc(F)cc3Oc3ccccn3)nccc2c1. The molecule has 0 aliphatic heterocycles. The Hall–Kier alpha value is -3.89. The molecular weight excluding hydrogens is 463 g/mol. The van der Waals surface area contributed by atoms with E-state index in [-0.39, 0.29) is 15.8 Å². The van der Waals surface area contributed by atoms with E-state index >= 15 is 0 Å². The van der Waals surface area contributed by atoms with E-state index < -0.39 is 15.8 Å². The average molecular weight is 479 g/mol. The van der Waals surface area contributed by atoms with Gasteiger partial charge in [0.2, 0.25) is 5.88 Å². The number of halogens is 1. The Morgan fingerprint density at radius 3 is 2.61 bits per heavy atom. The molecule has 7 nitrogen and oxygen atoms in total. The topological polar surface area (TPSA) is 94.1 Å². The number of nitrogens with zero attached hydrogens (tertiary/aromatic N) is 3. The third kappa shape index (κ3) is 4.38. The predicted molar refractivity (Wildman–Crippen MR) is 124 cm³/mol. The van der Waals surface area contributed by atoms with Crippen LogP contribution in [0, 0.1) is 5.82 Å². The van der Waals surface area contributed by atoms with Gasteiger partial charge in [-0.25, -0.2) is 22.8 Å². The van der Waals surface area contributed by atoms with Gasteiger partial charge in [0.15, 0.2) is 5.13 Å². The molecule has 164 valence electrons. The van der Waals surface area contributed by atoms with Crippen molar-refractivity contribution >= 4 is 37.3 Å². The first kappa shape index (κ1) is 21.0. The minimum absolute atomic E-state index is 0.0893. The largest absolute Gasteiger partial charge is 0.438 e.